The van der Waals surface area contributed by atoms with Crippen LogP contribution < -0.4 is 35.9 Å². The maximum Gasteiger partial charge on any atom is 0.302 e. The number of aromatic hydroxyl groups is 2. The lowest BCUT2D eigenvalue weighted by atomic mass is 9.65. The number of dihydropyridines is 1. The van der Waals surface area contributed by atoms with Crippen molar-refractivity contribution in [3.8, 4) is 51.7 Å². The molecule has 5 heterocycles. The van der Waals surface area contributed by atoms with Crippen molar-refractivity contribution in [1.29, 1.82) is 0 Å². The summed E-state index contributed by atoms with van der Waals surface area (Å²) in [6.45, 7) is 1.71. The Labute approximate surface area is 417 Å². The monoisotopic (exact) mass is 988 g/mol. The zero-order valence-electron chi connectivity index (χ0n) is 39.7. The van der Waals surface area contributed by atoms with Crippen molar-refractivity contribution in [1.82, 2.24) is 16.0 Å². The first kappa shape index (κ1) is 47.5. The van der Waals surface area contributed by atoms with Crippen LogP contribution in [-0.4, -0.2) is 88.8 Å². The standard InChI is InChI=1S/C55H64N4O9S2/c1-30(62)65-26-42-38-10-11-39-48-34(21-36(63)22-45(48)66-29-61)24-55-16-15-31(23-55)19-33-9-14-47(56)59-43(33)8-3-7-37-41(25-57-17-4-18-60)51(64)54-40(49(37)52(42)68-53(38)50(39)55)12-13-44-46(67-54)28-70-69-27-32-5-2-6-35(20-32)58-44/h9-14,21-22,31-32,35,42,44,46-47,52,57-61,63-64H,2,4-7,15-20,23-29,56H2,1H3. The number of esters is 1. The Morgan fingerprint density at radius 3 is 2.80 bits per heavy atom. The summed E-state index contributed by atoms with van der Waals surface area (Å²) in [7, 11) is 3.75. The van der Waals surface area contributed by atoms with Gasteiger partial charge in [0.1, 0.15) is 36.1 Å². The molecule has 9 unspecified atom stereocenters. The van der Waals surface area contributed by atoms with E-state index in [0.29, 0.717) is 59.7 Å². The molecule has 11 rings (SSSR count). The third-order valence-corrected chi connectivity index (χ3v) is 18.6. The lowest BCUT2D eigenvalue weighted by molar-refractivity contribution is -0.141. The smallest absolute Gasteiger partial charge is 0.302 e. The van der Waals surface area contributed by atoms with Gasteiger partial charge in [-0.1, -0.05) is 64.3 Å². The fourth-order valence-electron chi connectivity index (χ4n) is 13.0. The normalized spacial score (nSPS) is 29.1. The molecule has 5 aliphatic heterocycles. The van der Waals surface area contributed by atoms with E-state index in [1.807, 2.05) is 33.7 Å². The summed E-state index contributed by atoms with van der Waals surface area (Å²) in [6.07, 6.45) is 16.5. The number of nitrogens with two attached hydrogens (primary N) is 1. The number of carbonyl (C=O) groups is 1. The number of aliphatic hydroxyl groups is 2. The van der Waals surface area contributed by atoms with Gasteiger partial charge >= 0.3 is 5.97 Å². The summed E-state index contributed by atoms with van der Waals surface area (Å²) in [5.74, 6) is 10.6. The number of hydrogen-bond donors (Lipinski definition) is 8. The zero-order chi connectivity index (χ0) is 48.1. The largest absolute Gasteiger partial charge is 0.508 e. The molecule has 9 atom stereocenters. The lowest BCUT2D eigenvalue weighted by Gasteiger charge is -2.39. The number of ether oxygens (including phenoxy) is 4. The summed E-state index contributed by atoms with van der Waals surface area (Å²) in [6, 6.07) is 7.81. The number of benzene rings is 3. The lowest BCUT2D eigenvalue weighted by Crippen LogP contribution is -2.49. The topological polar surface area (TPSA) is 197 Å². The van der Waals surface area contributed by atoms with Gasteiger partial charge in [0.25, 0.3) is 0 Å². The van der Waals surface area contributed by atoms with Crippen molar-refractivity contribution in [3.63, 3.8) is 0 Å². The van der Waals surface area contributed by atoms with Gasteiger partial charge in [0.05, 0.1) is 23.8 Å². The van der Waals surface area contributed by atoms with Gasteiger partial charge < -0.3 is 61.1 Å². The second-order valence-corrected chi connectivity index (χ2v) is 23.1. The predicted octanol–water partition coefficient (Wildman–Crippen LogP) is 7.27. The molecule has 0 radical (unpaired) electrons. The molecule has 13 nitrogen and oxygen atoms in total. The van der Waals surface area contributed by atoms with Gasteiger partial charge in [-0.15, -0.1) is 0 Å². The highest BCUT2D eigenvalue weighted by Gasteiger charge is 2.52. The molecule has 15 heteroatoms. The number of hydrogen-bond acceptors (Lipinski definition) is 15. The Kier molecular flexibility index (Phi) is 13.6. The van der Waals surface area contributed by atoms with Gasteiger partial charge in [0.2, 0.25) is 0 Å². The maximum absolute atomic E-state index is 12.9. The van der Waals surface area contributed by atoms with E-state index in [0.717, 1.165) is 100 Å². The van der Waals surface area contributed by atoms with Gasteiger partial charge in [-0.2, -0.15) is 0 Å². The fraction of sp³-hybridized carbons (Fsp3) is 0.509. The van der Waals surface area contributed by atoms with E-state index < -0.39 is 36.4 Å². The van der Waals surface area contributed by atoms with Crippen LogP contribution in [0.15, 0.2) is 53.8 Å². The van der Waals surface area contributed by atoms with Crippen LogP contribution in [0.1, 0.15) is 116 Å². The molecule has 0 aromatic heterocycles. The highest BCUT2D eigenvalue weighted by Crippen LogP contribution is 2.63. The van der Waals surface area contributed by atoms with Crippen molar-refractivity contribution in [2.45, 2.75) is 126 Å². The van der Waals surface area contributed by atoms with E-state index in [9.17, 15) is 25.2 Å². The minimum absolute atomic E-state index is 0.0209. The average Bonchev–Trinajstić information content (AvgIpc) is 3.85. The van der Waals surface area contributed by atoms with Crippen molar-refractivity contribution in [3.05, 3.63) is 92.7 Å². The molecular formula is C55H64N4O9S2. The van der Waals surface area contributed by atoms with Crippen LogP contribution in [0.25, 0.3) is 17.2 Å². The minimum Gasteiger partial charge on any atom is -0.508 e. The van der Waals surface area contributed by atoms with Crippen LogP contribution in [0.2, 0.25) is 0 Å². The van der Waals surface area contributed by atoms with Crippen LogP contribution in [0.4, 0.5) is 0 Å². The number of fused-ring (bicyclic) bond motifs is 11. The third-order valence-electron chi connectivity index (χ3n) is 16.0. The molecule has 370 valence electrons. The van der Waals surface area contributed by atoms with Gasteiger partial charge in [0, 0.05) is 88.9 Å². The Morgan fingerprint density at radius 2 is 1.94 bits per heavy atom. The van der Waals surface area contributed by atoms with E-state index in [2.05, 4.69) is 58.2 Å². The molecule has 1 spiro atoms. The number of phenols is 2. The van der Waals surface area contributed by atoms with Crippen LogP contribution in [0, 0.1) is 23.7 Å². The Bertz CT molecular complexity index is 2710. The maximum atomic E-state index is 12.9. The Balaban J connectivity index is 1.16. The van der Waals surface area contributed by atoms with Gasteiger partial charge in [-0.25, -0.2) is 0 Å². The number of carbonyl (C=O) groups excluding carboxylic acids is 1. The van der Waals surface area contributed by atoms with Crippen LogP contribution >= 0.6 is 21.6 Å². The molecule has 3 aromatic rings. The quantitative estimate of drug-likeness (QED) is 0.0350. The molecule has 0 amide bonds. The van der Waals surface area contributed by atoms with Crippen LogP contribution in [0.5, 0.6) is 28.7 Å². The Hall–Kier alpha value is -4.79. The molecule has 70 heavy (non-hydrogen) atoms. The van der Waals surface area contributed by atoms with E-state index in [-0.39, 0.29) is 55.7 Å². The number of phenolic OH excluding ortho intramolecular Hbond substituents is 2. The highest BCUT2D eigenvalue weighted by atomic mass is 33.1. The fourth-order valence-corrected chi connectivity index (χ4v) is 15.6. The molecule has 3 aliphatic carbocycles. The van der Waals surface area contributed by atoms with Gasteiger partial charge in [-0.05, 0) is 116 Å². The second-order valence-electron chi connectivity index (χ2n) is 20.5. The molecule has 1 saturated heterocycles. The number of rotatable bonds is 9. The van der Waals surface area contributed by atoms with Gasteiger partial charge in [0.15, 0.2) is 18.3 Å². The first-order chi connectivity index (χ1) is 34.1. The van der Waals surface area contributed by atoms with E-state index in [4.69, 9.17) is 24.7 Å². The highest BCUT2D eigenvalue weighted by molar-refractivity contribution is 8.76. The number of allylic oxidation sites excluding steroid dienone is 3. The first-order valence-electron chi connectivity index (χ1n) is 25.2. The van der Waals surface area contributed by atoms with E-state index in [1.54, 1.807) is 6.07 Å². The molecule has 3 fully saturated rings. The van der Waals surface area contributed by atoms with E-state index in [1.165, 1.54) is 19.8 Å². The molecule has 8 aliphatic rings. The van der Waals surface area contributed by atoms with Gasteiger partial charge in [-0.3, -0.25) is 4.79 Å². The zero-order valence-corrected chi connectivity index (χ0v) is 41.3. The van der Waals surface area contributed by atoms with Crippen molar-refractivity contribution < 1.29 is 44.2 Å². The summed E-state index contributed by atoms with van der Waals surface area (Å²) in [5.41, 5.74) is 15.6. The molecule has 2 saturated carbocycles. The Morgan fingerprint density at radius 1 is 1.06 bits per heavy atom. The minimum atomic E-state index is -0.724. The number of nitrogens with one attached hydrogen (secondary N) is 3. The third kappa shape index (κ3) is 8.96. The molecule has 3 aromatic carbocycles. The summed E-state index contributed by atoms with van der Waals surface area (Å²) in [4.78, 5) is 12.9. The first-order valence-corrected chi connectivity index (χ1v) is 27.7. The molecule has 6 bridgehead atoms. The second kappa shape index (κ2) is 20.0. The van der Waals surface area contributed by atoms with Crippen molar-refractivity contribution in [2.75, 3.05) is 38.1 Å². The van der Waals surface area contributed by atoms with Crippen molar-refractivity contribution in [2.24, 2.45) is 17.6 Å². The van der Waals surface area contributed by atoms with Crippen LogP contribution in [-0.2, 0) is 34.3 Å². The molecular weight excluding hydrogens is 925 g/mol. The molecule has 9 N–H and O–H groups in total. The van der Waals surface area contributed by atoms with Crippen LogP contribution in [0.3, 0.4) is 0 Å². The van der Waals surface area contributed by atoms with Crippen molar-refractivity contribution >= 4 is 33.6 Å². The summed E-state index contributed by atoms with van der Waals surface area (Å²) >= 11 is 0. The van der Waals surface area contributed by atoms with E-state index >= 15 is 0 Å². The average molecular weight is 989 g/mol. The summed E-state index contributed by atoms with van der Waals surface area (Å²) in [5, 5.41) is 54.8. The SMILES string of the molecule is CC(=O)OCC1c2ccc3c4c2OC1c1c2c(c(O)c(CNCCCO)c1CC#CC1=C(C=CC(N)N1)CC1CCC4(Cc4cc(O)cc(OCO)c4-3)C1)OC1CSSCC3CCCC(C3)NC1C=C2. The number of aliphatic hydroxyl groups excluding tert-OH is 2. The summed E-state index contributed by atoms with van der Waals surface area (Å²) < 4.78 is 26.8. The predicted molar refractivity (Wildman–Crippen MR) is 273 cm³/mol.